The van der Waals surface area contributed by atoms with Gasteiger partial charge < -0.3 is 9.47 Å². The van der Waals surface area contributed by atoms with Gasteiger partial charge in [0, 0.05) is 25.2 Å². The Balaban J connectivity index is 2.58. The van der Waals surface area contributed by atoms with Crippen molar-refractivity contribution in [1.82, 2.24) is 10.3 Å². The smallest absolute Gasteiger partial charge is 0.330 e. The molecule has 1 aromatic rings. The third-order valence-electron chi connectivity index (χ3n) is 1.88. The molecule has 0 radical (unpaired) electrons. The van der Waals surface area contributed by atoms with Crippen LogP contribution in [0, 0.1) is 0 Å². The SMILES string of the molecule is CCOC(=O)C(NCCOC)c1nccs1. The number of carbonyl (C=O) groups excluding carboxylic acids is 1. The highest BCUT2D eigenvalue weighted by Crippen LogP contribution is 2.16. The first kappa shape index (κ1) is 13.1. The van der Waals surface area contributed by atoms with E-state index in [1.54, 1.807) is 20.2 Å². The molecule has 0 saturated heterocycles. The third-order valence-corrected chi connectivity index (χ3v) is 2.72. The van der Waals surface area contributed by atoms with Gasteiger partial charge in [0.05, 0.1) is 13.2 Å². The number of rotatable bonds is 7. The van der Waals surface area contributed by atoms with Gasteiger partial charge in [0.2, 0.25) is 0 Å². The minimum Gasteiger partial charge on any atom is -0.465 e. The number of nitrogens with zero attached hydrogens (tertiary/aromatic N) is 1. The molecule has 0 aliphatic rings. The van der Waals surface area contributed by atoms with Crippen LogP contribution in [0.25, 0.3) is 0 Å². The van der Waals surface area contributed by atoms with Gasteiger partial charge in [-0.1, -0.05) is 0 Å². The first-order valence-electron chi connectivity index (χ1n) is 5.08. The normalized spacial score (nSPS) is 12.4. The zero-order valence-corrected chi connectivity index (χ0v) is 10.3. The standard InChI is InChI=1S/C10H16N2O3S/c1-3-15-10(13)8(11-4-6-14-2)9-12-5-7-16-9/h5,7-8,11H,3-4,6H2,1-2H3. The van der Waals surface area contributed by atoms with Crippen molar-refractivity contribution >= 4 is 17.3 Å². The summed E-state index contributed by atoms with van der Waals surface area (Å²) in [4.78, 5) is 15.8. The number of aromatic nitrogens is 1. The van der Waals surface area contributed by atoms with E-state index in [1.807, 2.05) is 5.38 Å². The summed E-state index contributed by atoms with van der Waals surface area (Å²) in [5.74, 6) is -0.298. The van der Waals surface area contributed by atoms with Crippen LogP contribution in [0.4, 0.5) is 0 Å². The van der Waals surface area contributed by atoms with E-state index in [-0.39, 0.29) is 5.97 Å². The number of hydrogen-bond donors (Lipinski definition) is 1. The van der Waals surface area contributed by atoms with Crippen LogP contribution in [-0.4, -0.2) is 37.8 Å². The zero-order chi connectivity index (χ0) is 11.8. The molecule has 1 heterocycles. The van der Waals surface area contributed by atoms with Crippen molar-refractivity contribution in [3.8, 4) is 0 Å². The summed E-state index contributed by atoms with van der Waals surface area (Å²) in [5, 5.41) is 5.61. The van der Waals surface area contributed by atoms with Gasteiger partial charge in [-0.05, 0) is 6.92 Å². The second kappa shape index (κ2) is 7.32. The number of esters is 1. The van der Waals surface area contributed by atoms with Gasteiger partial charge in [-0.15, -0.1) is 11.3 Å². The summed E-state index contributed by atoms with van der Waals surface area (Å²) in [5.41, 5.74) is 0. The van der Waals surface area contributed by atoms with E-state index < -0.39 is 6.04 Å². The molecular weight excluding hydrogens is 228 g/mol. The van der Waals surface area contributed by atoms with E-state index in [0.717, 1.165) is 5.01 Å². The van der Waals surface area contributed by atoms with Crippen LogP contribution < -0.4 is 5.32 Å². The molecule has 6 heteroatoms. The van der Waals surface area contributed by atoms with Gasteiger partial charge in [0.1, 0.15) is 5.01 Å². The molecule has 0 amide bonds. The highest BCUT2D eigenvalue weighted by molar-refractivity contribution is 7.09. The van der Waals surface area contributed by atoms with Crippen molar-refractivity contribution in [3.05, 3.63) is 16.6 Å². The Labute approximate surface area is 98.8 Å². The van der Waals surface area contributed by atoms with Crippen LogP contribution in [0.5, 0.6) is 0 Å². The highest BCUT2D eigenvalue weighted by atomic mass is 32.1. The Bertz CT molecular complexity index is 303. The average molecular weight is 244 g/mol. The Hall–Kier alpha value is -0.980. The van der Waals surface area contributed by atoms with Crippen molar-refractivity contribution in [3.63, 3.8) is 0 Å². The Morgan fingerprint density at radius 1 is 1.69 bits per heavy atom. The van der Waals surface area contributed by atoms with Gasteiger partial charge in [-0.3, -0.25) is 5.32 Å². The molecule has 1 unspecified atom stereocenters. The topological polar surface area (TPSA) is 60.5 Å². The quantitative estimate of drug-likeness (QED) is 0.572. The third kappa shape index (κ3) is 3.88. The van der Waals surface area contributed by atoms with Crippen molar-refractivity contribution < 1.29 is 14.3 Å². The maximum absolute atomic E-state index is 11.7. The minimum absolute atomic E-state index is 0.298. The first-order chi connectivity index (χ1) is 7.79. The molecule has 1 N–H and O–H groups in total. The Kier molecular flexibility index (Phi) is 5.99. The van der Waals surface area contributed by atoms with E-state index in [9.17, 15) is 4.79 Å². The van der Waals surface area contributed by atoms with E-state index in [0.29, 0.717) is 19.8 Å². The molecule has 0 aromatic carbocycles. The van der Waals surface area contributed by atoms with Crippen molar-refractivity contribution in [1.29, 1.82) is 0 Å². The predicted octanol–water partition coefficient (Wildman–Crippen LogP) is 0.983. The number of hydrogen-bond acceptors (Lipinski definition) is 6. The van der Waals surface area contributed by atoms with Crippen molar-refractivity contribution in [2.75, 3.05) is 26.9 Å². The largest absolute Gasteiger partial charge is 0.465 e. The lowest BCUT2D eigenvalue weighted by molar-refractivity contribution is -0.145. The van der Waals surface area contributed by atoms with Gasteiger partial charge in [-0.2, -0.15) is 0 Å². The Morgan fingerprint density at radius 3 is 3.06 bits per heavy atom. The fourth-order valence-electron chi connectivity index (χ4n) is 1.18. The lowest BCUT2D eigenvalue weighted by Gasteiger charge is -2.14. The molecule has 1 rings (SSSR count). The maximum atomic E-state index is 11.7. The van der Waals surface area contributed by atoms with Crippen molar-refractivity contribution in [2.24, 2.45) is 0 Å². The molecule has 1 aromatic heterocycles. The minimum atomic E-state index is -0.491. The average Bonchev–Trinajstić information content (AvgIpc) is 2.78. The van der Waals surface area contributed by atoms with E-state index in [1.165, 1.54) is 11.3 Å². The molecule has 0 aliphatic carbocycles. The van der Waals surface area contributed by atoms with Crippen LogP contribution in [-0.2, 0) is 14.3 Å². The molecular formula is C10H16N2O3S. The summed E-state index contributed by atoms with van der Waals surface area (Å²) < 4.78 is 9.90. The molecule has 0 spiro atoms. The second-order valence-corrected chi connectivity index (χ2v) is 3.93. The fraction of sp³-hybridized carbons (Fsp3) is 0.600. The number of nitrogens with one attached hydrogen (secondary N) is 1. The molecule has 16 heavy (non-hydrogen) atoms. The Morgan fingerprint density at radius 2 is 2.50 bits per heavy atom. The maximum Gasteiger partial charge on any atom is 0.330 e. The predicted molar refractivity (Wildman–Crippen MR) is 61.4 cm³/mol. The molecule has 0 bridgehead atoms. The van der Waals surface area contributed by atoms with Gasteiger partial charge >= 0.3 is 5.97 Å². The number of ether oxygens (including phenoxy) is 2. The van der Waals surface area contributed by atoms with Gasteiger partial charge in [-0.25, -0.2) is 9.78 Å². The van der Waals surface area contributed by atoms with Gasteiger partial charge in [0.25, 0.3) is 0 Å². The summed E-state index contributed by atoms with van der Waals surface area (Å²) >= 11 is 1.43. The van der Waals surface area contributed by atoms with E-state index >= 15 is 0 Å². The fourth-order valence-corrected chi connectivity index (χ4v) is 1.88. The van der Waals surface area contributed by atoms with Crippen LogP contribution in [0.1, 0.15) is 18.0 Å². The molecule has 5 nitrogen and oxygen atoms in total. The zero-order valence-electron chi connectivity index (χ0n) is 9.43. The summed E-state index contributed by atoms with van der Waals surface area (Å²) in [6.45, 7) is 3.28. The summed E-state index contributed by atoms with van der Waals surface area (Å²) in [6, 6.07) is -0.491. The van der Waals surface area contributed by atoms with Crippen LogP contribution >= 0.6 is 11.3 Å². The van der Waals surface area contributed by atoms with E-state index in [4.69, 9.17) is 9.47 Å². The number of carbonyl (C=O) groups is 1. The molecule has 0 saturated carbocycles. The summed E-state index contributed by atoms with van der Waals surface area (Å²) in [6.07, 6.45) is 1.67. The summed E-state index contributed by atoms with van der Waals surface area (Å²) in [7, 11) is 1.62. The molecule has 1 atom stereocenters. The lowest BCUT2D eigenvalue weighted by Crippen LogP contribution is -2.32. The van der Waals surface area contributed by atoms with Gasteiger partial charge in [0.15, 0.2) is 6.04 Å². The highest BCUT2D eigenvalue weighted by Gasteiger charge is 2.23. The monoisotopic (exact) mass is 244 g/mol. The van der Waals surface area contributed by atoms with Crippen LogP contribution in [0.15, 0.2) is 11.6 Å². The van der Waals surface area contributed by atoms with E-state index in [2.05, 4.69) is 10.3 Å². The van der Waals surface area contributed by atoms with Crippen LogP contribution in [0.3, 0.4) is 0 Å². The number of methoxy groups -OCH3 is 1. The van der Waals surface area contributed by atoms with Crippen molar-refractivity contribution in [2.45, 2.75) is 13.0 Å². The first-order valence-corrected chi connectivity index (χ1v) is 5.96. The molecule has 0 fully saturated rings. The molecule has 90 valence electrons. The second-order valence-electron chi connectivity index (χ2n) is 3.00. The number of thiazole rings is 1. The molecule has 0 aliphatic heterocycles. The lowest BCUT2D eigenvalue weighted by atomic mass is 10.3. The van der Waals surface area contributed by atoms with Crippen LogP contribution in [0.2, 0.25) is 0 Å².